The summed E-state index contributed by atoms with van der Waals surface area (Å²) in [5.74, 6) is 0.846. The first-order chi connectivity index (χ1) is 18.2. The van der Waals surface area contributed by atoms with Gasteiger partial charge in [-0.2, -0.15) is 13.2 Å². The smallest absolute Gasteiger partial charge is 0.416 e. The molecule has 1 saturated heterocycles. The molecule has 198 valence electrons. The highest BCUT2D eigenvalue weighted by Gasteiger charge is 2.32. The van der Waals surface area contributed by atoms with Crippen LogP contribution in [0.2, 0.25) is 0 Å². The van der Waals surface area contributed by atoms with E-state index in [1.807, 2.05) is 25.1 Å². The molecule has 2 N–H and O–H groups in total. The highest BCUT2D eigenvalue weighted by Crippen LogP contribution is 2.37. The number of piperidine rings is 1. The number of halogens is 3. The van der Waals surface area contributed by atoms with Crippen molar-refractivity contribution in [1.82, 2.24) is 14.9 Å². The highest BCUT2D eigenvalue weighted by molar-refractivity contribution is 5.72. The maximum atomic E-state index is 13.7. The zero-order valence-electron chi connectivity index (χ0n) is 20.9. The van der Waals surface area contributed by atoms with Crippen molar-refractivity contribution in [2.24, 2.45) is 0 Å². The minimum atomic E-state index is -4.61. The van der Waals surface area contributed by atoms with Crippen molar-refractivity contribution in [3.8, 4) is 28.2 Å². The Bertz CT molecular complexity index is 1490. The van der Waals surface area contributed by atoms with E-state index in [4.69, 9.17) is 9.15 Å². The Morgan fingerprint density at radius 1 is 1.11 bits per heavy atom. The van der Waals surface area contributed by atoms with Gasteiger partial charge in [-0.25, -0.2) is 4.98 Å². The van der Waals surface area contributed by atoms with Crippen molar-refractivity contribution in [1.29, 1.82) is 0 Å². The Hall–Kier alpha value is -4.05. The van der Waals surface area contributed by atoms with Gasteiger partial charge in [0.15, 0.2) is 5.76 Å². The lowest BCUT2D eigenvalue weighted by atomic mass is 9.99. The molecule has 0 bridgehead atoms. The summed E-state index contributed by atoms with van der Waals surface area (Å²) in [6, 6.07) is 12.2. The van der Waals surface area contributed by atoms with Crippen LogP contribution in [-0.2, 0) is 6.18 Å². The van der Waals surface area contributed by atoms with Crippen LogP contribution in [0.1, 0.15) is 24.0 Å². The summed E-state index contributed by atoms with van der Waals surface area (Å²) in [5.41, 5.74) is 0.639. The van der Waals surface area contributed by atoms with Gasteiger partial charge in [0, 0.05) is 42.2 Å². The number of nitrogens with zero attached hydrogens (tertiary/aromatic N) is 2. The Labute approximate surface area is 217 Å². The molecule has 4 aromatic rings. The summed E-state index contributed by atoms with van der Waals surface area (Å²) < 4.78 is 53.0. The molecule has 1 aliphatic rings. The molecule has 1 aliphatic heterocycles. The number of H-pyrrole nitrogens is 1. The van der Waals surface area contributed by atoms with Gasteiger partial charge in [-0.1, -0.05) is 6.07 Å². The molecule has 1 fully saturated rings. The second-order valence-electron chi connectivity index (χ2n) is 9.46. The van der Waals surface area contributed by atoms with Crippen LogP contribution in [0.15, 0.2) is 70.1 Å². The number of likely N-dealkylation sites (tertiary alicyclic amines) is 1. The third-order valence-corrected chi connectivity index (χ3v) is 6.60. The van der Waals surface area contributed by atoms with Crippen LogP contribution in [0.5, 0.6) is 5.75 Å². The van der Waals surface area contributed by atoms with Crippen molar-refractivity contribution in [2.45, 2.75) is 32.0 Å². The number of aromatic nitrogens is 2. The summed E-state index contributed by atoms with van der Waals surface area (Å²) in [7, 11) is 2.09. The van der Waals surface area contributed by atoms with Crippen molar-refractivity contribution < 1.29 is 22.3 Å². The summed E-state index contributed by atoms with van der Waals surface area (Å²) in [6.45, 7) is 3.88. The number of anilines is 2. The minimum Gasteiger partial charge on any atom is -0.490 e. The maximum Gasteiger partial charge on any atom is 0.416 e. The monoisotopic (exact) mass is 524 g/mol. The number of aromatic amines is 1. The second-order valence-corrected chi connectivity index (χ2v) is 9.46. The van der Waals surface area contributed by atoms with E-state index in [1.165, 1.54) is 24.5 Å². The fourth-order valence-corrected chi connectivity index (χ4v) is 4.42. The van der Waals surface area contributed by atoms with E-state index in [9.17, 15) is 18.0 Å². The molecule has 0 aliphatic carbocycles. The third kappa shape index (κ3) is 5.75. The highest BCUT2D eigenvalue weighted by atomic mass is 19.4. The number of hydrogen-bond donors (Lipinski definition) is 2. The number of ether oxygens (including phenoxy) is 1. The molecule has 2 aromatic carbocycles. The van der Waals surface area contributed by atoms with Crippen LogP contribution in [0.4, 0.5) is 24.9 Å². The predicted molar refractivity (Wildman–Crippen MR) is 139 cm³/mol. The van der Waals surface area contributed by atoms with Crippen molar-refractivity contribution in [2.75, 3.05) is 25.5 Å². The number of hydrogen-bond acceptors (Lipinski definition) is 6. The van der Waals surface area contributed by atoms with Crippen molar-refractivity contribution in [3.05, 3.63) is 82.4 Å². The standard InChI is InChI=1S/C28H27F3N4O3/c1-17-5-6-22(37-21-7-10-35(2)11-8-21)15-24(17)34-27-33-16-25(38-27)19-12-18(13-20(14-19)28(29,30)31)23-4-3-9-32-26(23)36/h3-6,9,12-16,21H,7-8,10-11H2,1-2H3,(H,32,36)(H,33,34). The van der Waals surface area contributed by atoms with E-state index < -0.39 is 17.3 Å². The Morgan fingerprint density at radius 3 is 2.61 bits per heavy atom. The average molecular weight is 525 g/mol. The molecule has 0 unspecified atom stereocenters. The van der Waals surface area contributed by atoms with Gasteiger partial charge >= 0.3 is 6.18 Å². The van der Waals surface area contributed by atoms with Crippen LogP contribution in [0.3, 0.4) is 0 Å². The van der Waals surface area contributed by atoms with Crippen LogP contribution in [0, 0.1) is 6.92 Å². The van der Waals surface area contributed by atoms with Crippen LogP contribution in [0.25, 0.3) is 22.5 Å². The van der Waals surface area contributed by atoms with Gasteiger partial charge in [-0.05, 0) is 74.3 Å². The largest absolute Gasteiger partial charge is 0.490 e. The molecule has 5 rings (SSSR count). The summed E-state index contributed by atoms with van der Waals surface area (Å²) in [5, 5.41) is 3.10. The lowest BCUT2D eigenvalue weighted by Crippen LogP contribution is -2.35. The van der Waals surface area contributed by atoms with Gasteiger partial charge in [0.1, 0.15) is 11.9 Å². The zero-order chi connectivity index (χ0) is 26.9. The Balaban J connectivity index is 1.41. The number of pyridine rings is 1. The maximum absolute atomic E-state index is 13.7. The quantitative estimate of drug-likeness (QED) is 0.311. The first-order valence-corrected chi connectivity index (χ1v) is 12.2. The van der Waals surface area contributed by atoms with Gasteiger partial charge < -0.3 is 24.4 Å². The lowest BCUT2D eigenvalue weighted by Gasteiger charge is -2.29. The number of aryl methyl sites for hydroxylation is 1. The van der Waals surface area contributed by atoms with Gasteiger partial charge in [-0.15, -0.1) is 0 Å². The van der Waals surface area contributed by atoms with Crippen molar-refractivity contribution >= 4 is 11.7 Å². The topological polar surface area (TPSA) is 83.4 Å². The molecule has 0 spiro atoms. The van der Waals surface area contributed by atoms with Crippen LogP contribution < -0.4 is 15.6 Å². The first kappa shape index (κ1) is 25.6. The van der Waals surface area contributed by atoms with Crippen molar-refractivity contribution in [3.63, 3.8) is 0 Å². The number of oxazole rings is 1. The molecule has 3 heterocycles. The van der Waals surface area contributed by atoms with Crippen LogP contribution in [-0.4, -0.2) is 41.1 Å². The van der Waals surface area contributed by atoms with E-state index in [2.05, 4.69) is 27.2 Å². The van der Waals surface area contributed by atoms with E-state index in [-0.39, 0.29) is 34.6 Å². The molecule has 0 amide bonds. The van der Waals surface area contributed by atoms with Crippen LogP contribution >= 0.6 is 0 Å². The van der Waals surface area contributed by atoms with Gasteiger partial charge in [0.2, 0.25) is 0 Å². The summed E-state index contributed by atoms with van der Waals surface area (Å²) >= 11 is 0. The normalized spacial score (nSPS) is 15.0. The Kier molecular flexibility index (Phi) is 6.98. The van der Waals surface area contributed by atoms with Gasteiger partial charge in [0.05, 0.1) is 11.8 Å². The molecule has 38 heavy (non-hydrogen) atoms. The molecule has 0 saturated carbocycles. The minimum absolute atomic E-state index is 0.120. The fraction of sp³-hybridized carbons (Fsp3) is 0.286. The molecule has 7 nitrogen and oxygen atoms in total. The van der Waals surface area contributed by atoms with Gasteiger partial charge in [-0.3, -0.25) is 4.79 Å². The number of alkyl halides is 3. The number of benzene rings is 2. The third-order valence-electron chi connectivity index (χ3n) is 6.60. The second kappa shape index (κ2) is 10.4. The molecular formula is C28H27F3N4O3. The predicted octanol–water partition coefficient (Wildman–Crippen LogP) is 6.24. The fourth-order valence-electron chi connectivity index (χ4n) is 4.42. The molecule has 0 atom stereocenters. The first-order valence-electron chi connectivity index (χ1n) is 12.2. The van der Waals surface area contributed by atoms with E-state index in [1.54, 1.807) is 6.07 Å². The Morgan fingerprint density at radius 2 is 1.87 bits per heavy atom. The molecule has 2 aromatic heterocycles. The van der Waals surface area contributed by atoms with E-state index in [0.717, 1.165) is 49.4 Å². The molecule has 0 radical (unpaired) electrons. The van der Waals surface area contributed by atoms with E-state index in [0.29, 0.717) is 5.69 Å². The lowest BCUT2D eigenvalue weighted by molar-refractivity contribution is -0.137. The van der Waals surface area contributed by atoms with Gasteiger partial charge in [0.25, 0.3) is 11.6 Å². The molecular weight excluding hydrogens is 497 g/mol. The zero-order valence-corrected chi connectivity index (χ0v) is 20.9. The SMILES string of the molecule is Cc1ccc(OC2CCN(C)CC2)cc1Nc1ncc(-c2cc(-c3ccc[nH]c3=O)cc(C(F)(F)F)c2)o1. The molecule has 10 heteroatoms. The van der Waals surface area contributed by atoms with E-state index >= 15 is 0 Å². The number of rotatable bonds is 6. The summed E-state index contributed by atoms with van der Waals surface area (Å²) in [6.07, 6.45) is 0.199. The average Bonchev–Trinajstić information content (AvgIpc) is 3.35. The summed E-state index contributed by atoms with van der Waals surface area (Å²) in [4.78, 5) is 21.2. The number of nitrogens with one attached hydrogen (secondary N) is 2.